The molecule has 1 amide bonds. The van der Waals surface area contributed by atoms with Gasteiger partial charge in [0.25, 0.3) is 5.91 Å². The number of aryl methyl sites for hydroxylation is 1. The lowest BCUT2D eigenvalue weighted by molar-refractivity contribution is -0.908. The molecule has 32 heavy (non-hydrogen) atoms. The van der Waals surface area contributed by atoms with Crippen molar-refractivity contribution in [1.29, 1.82) is 0 Å². The van der Waals surface area contributed by atoms with Crippen molar-refractivity contribution >= 4 is 29.1 Å². The minimum Gasteiger partial charge on any atom is -0.370 e. The number of morpholine rings is 1. The molecule has 2 atom stereocenters. The number of ether oxygens (including phenoxy) is 1. The maximum Gasteiger partial charge on any atom is 0.291 e. The van der Waals surface area contributed by atoms with Crippen molar-refractivity contribution in [2.24, 2.45) is 5.92 Å². The molecule has 7 heteroatoms. The lowest BCUT2D eigenvalue weighted by atomic mass is 9.86. The summed E-state index contributed by atoms with van der Waals surface area (Å²) in [6.07, 6.45) is 0.754. The standard InChI is InChI=1S/C25H27ClN2O4/c1-17-3-5-19(6-4-17)23(29)21-22(18-7-9-20(26)10-8-18)28(25(31)24(21)30)12-2-11-27-13-15-32-16-14-27/h3-10,21-22H,2,11-16H2,1H3/p+1. The Morgan fingerprint density at radius 2 is 1.72 bits per heavy atom. The number of benzene rings is 2. The van der Waals surface area contributed by atoms with Crippen LogP contribution in [0.25, 0.3) is 0 Å². The lowest BCUT2D eigenvalue weighted by Crippen LogP contribution is -3.14. The fraction of sp³-hybridized carbons (Fsp3) is 0.400. The van der Waals surface area contributed by atoms with Crippen LogP contribution in [0.3, 0.4) is 0 Å². The molecular weight excluding hydrogens is 428 g/mol. The van der Waals surface area contributed by atoms with Crippen LogP contribution in [0.2, 0.25) is 5.02 Å². The second kappa shape index (κ2) is 9.94. The SMILES string of the molecule is Cc1ccc(C(=O)C2C(=O)C(=O)N(CCC[NH+]3CCOCC3)C2c2ccc(Cl)cc2)cc1. The molecule has 2 aromatic carbocycles. The van der Waals surface area contributed by atoms with Crippen LogP contribution < -0.4 is 4.90 Å². The Kier molecular flexibility index (Phi) is 7.04. The van der Waals surface area contributed by atoms with Crippen molar-refractivity contribution in [3.8, 4) is 0 Å². The largest absolute Gasteiger partial charge is 0.370 e. The Bertz CT molecular complexity index is 984. The van der Waals surface area contributed by atoms with Gasteiger partial charge in [0.2, 0.25) is 5.78 Å². The first-order chi connectivity index (χ1) is 15.5. The summed E-state index contributed by atoms with van der Waals surface area (Å²) in [4.78, 5) is 42.5. The summed E-state index contributed by atoms with van der Waals surface area (Å²) in [5, 5.41) is 0.563. The highest BCUT2D eigenvalue weighted by molar-refractivity contribution is 6.44. The van der Waals surface area contributed by atoms with Gasteiger partial charge >= 0.3 is 0 Å². The van der Waals surface area contributed by atoms with E-state index in [1.807, 2.05) is 19.1 Å². The number of hydrogen-bond donors (Lipinski definition) is 1. The van der Waals surface area contributed by atoms with E-state index in [2.05, 4.69) is 0 Å². The van der Waals surface area contributed by atoms with E-state index in [0.29, 0.717) is 17.1 Å². The number of hydrogen-bond acceptors (Lipinski definition) is 4. The first-order valence-electron chi connectivity index (χ1n) is 11.1. The highest BCUT2D eigenvalue weighted by Crippen LogP contribution is 2.38. The van der Waals surface area contributed by atoms with E-state index in [9.17, 15) is 14.4 Å². The van der Waals surface area contributed by atoms with E-state index in [1.165, 1.54) is 4.90 Å². The Labute approximate surface area is 193 Å². The molecule has 0 aromatic heterocycles. The summed E-state index contributed by atoms with van der Waals surface area (Å²) in [5.41, 5.74) is 2.22. The Morgan fingerprint density at radius 1 is 1.06 bits per heavy atom. The average molecular weight is 456 g/mol. The molecule has 2 aliphatic rings. The number of quaternary nitrogens is 1. The van der Waals surface area contributed by atoms with Crippen LogP contribution in [0.5, 0.6) is 0 Å². The van der Waals surface area contributed by atoms with Crippen molar-refractivity contribution in [2.75, 3.05) is 39.4 Å². The number of amides is 1. The van der Waals surface area contributed by atoms with Crippen molar-refractivity contribution in [3.05, 3.63) is 70.2 Å². The topological polar surface area (TPSA) is 68.1 Å². The summed E-state index contributed by atoms with van der Waals surface area (Å²) in [7, 11) is 0. The van der Waals surface area contributed by atoms with E-state index in [0.717, 1.165) is 50.4 Å². The molecule has 2 aliphatic heterocycles. The number of carbonyl (C=O) groups excluding carboxylic acids is 3. The number of halogens is 1. The maximum atomic E-state index is 13.4. The summed E-state index contributed by atoms with van der Waals surface area (Å²) >= 11 is 6.06. The molecule has 4 rings (SSSR count). The fourth-order valence-corrected chi connectivity index (χ4v) is 4.69. The van der Waals surface area contributed by atoms with E-state index in [4.69, 9.17) is 16.3 Å². The molecule has 2 saturated heterocycles. The molecule has 2 unspecified atom stereocenters. The Morgan fingerprint density at radius 3 is 2.38 bits per heavy atom. The predicted octanol–water partition coefficient (Wildman–Crippen LogP) is 1.91. The van der Waals surface area contributed by atoms with Crippen molar-refractivity contribution in [3.63, 3.8) is 0 Å². The molecule has 1 N–H and O–H groups in total. The van der Waals surface area contributed by atoms with Crippen molar-refractivity contribution < 1.29 is 24.0 Å². The van der Waals surface area contributed by atoms with Gasteiger partial charge in [-0.2, -0.15) is 0 Å². The number of nitrogens with one attached hydrogen (secondary N) is 1. The van der Waals surface area contributed by atoms with Gasteiger partial charge in [0.1, 0.15) is 19.0 Å². The second-order valence-electron chi connectivity index (χ2n) is 8.53. The van der Waals surface area contributed by atoms with Gasteiger partial charge in [-0.05, 0) is 24.6 Å². The first-order valence-corrected chi connectivity index (χ1v) is 11.5. The van der Waals surface area contributed by atoms with Crippen molar-refractivity contribution in [1.82, 2.24) is 4.90 Å². The van der Waals surface area contributed by atoms with Crippen LogP contribution in [-0.4, -0.2) is 61.8 Å². The molecule has 2 aromatic rings. The highest BCUT2D eigenvalue weighted by atomic mass is 35.5. The second-order valence-corrected chi connectivity index (χ2v) is 8.97. The van der Waals surface area contributed by atoms with Gasteiger partial charge in [0.15, 0.2) is 5.78 Å². The van der Waals surface area contributed by atoms with Gasteiger partial charge in [-0.25, -0.2) is 0 Å². The van der Waals surface area contributed by atoms with Crippen LogP contribution in [-0.2, 0) is 14.3 Å². The molecule has 2 heterocycles. The van der Waals surface area contributed by atoms with Crippen LogP contribution in [0.4, 0.5) is 0 Å². The third kappa shape index (κ3) is 4.77. The van der Waals surface area contributed by atoms with Gasteiger partial charge in [-0.1, -0.05) is 53.6 Å². The van der Waals surface area contributed by atoms with E-state index >= 15 is 0 Å². The van der Waals surface area contributed by atoms with Gasteiger partial charge < -0.3 is 14.5 Å². The van der Waals surface area contributed by atoms with Crippen molar-refractivity contribution in [2.45, 2.75) is 19.4 Å². The summed E-state index contributed by atoms with van der Waals surface area (Å²) in [5.74, 6) is -2.58. The fourth-order valence-electron chi connectivity index (χ4n) is 4.57. The highest BCUT2D eigenvalue weighted by Gasteiger charge is 2.51. The number of nitrogens with zero attached hydrogens (tertiary/aromatic N) is 1. The first kappa shape index (κ1) is 22.6. The zero-order valence-electron chi connectivity index (χ0n) is 18.2. The lowest BCUT2D eigenvalue weighted by Gasteiger charge is -2.29. The van der Waals surface area contributed by atoms with Crippen LogP contribution in [0, 0.1) is 12.8 Å². The third-order valence-corrected chi connectivity index (χ3v) is 6.62. The predicted molar refractivity (Wildman–Crippen MR) is 121 cm³/mol. The Balaban J connectivity index is 1.60. The summed E-state index contributed by atoms with van der Waals surface area (Å²) in [6.45, 7) is 6.65. The molecule has 0 radical (unpaired) electrons. The number of likely N-dealkylation sites (tertiary alicyclic amines) is 1. The minimum atomic E-state index is -1.05. The summed E-state index contributed by atoms with van der Waals surface area (Å²) in [6, 6.07) is 13.6. The van der Waals surface area contributed by atoms with Crippen LogP contribution in [0.15, 0.2) is 48.5 Å². The van der Waals surface area contributed by atoms with E-state index in [1.54, 1.807) is 41.3 Å². The molecule has 0 saturated carbocycles. The summed E-state index contributed by atoms with van der Waals surface area (Å²) < 4.78 is 5.41. The quantitative estimate of drug-likeness (QED) is 0.393. The normalized spacial score (nSPS) is 21.9. The molecule has 0 spiro atoms. The number of rotatable bonds is 7. The molecule has 0 aliphatic carbocycles. The molecule has 168 valence electrons. The number of ketones is 2. The smallest absolute Gasteiger partial charge is 0.291 e. The molecular formula is C25H28ClN2O4+. The third-order valence-electron chi connectivity index (χ3n) is 6.36. The minimum absolute atomic E-state index is 0.315. The van der Waals surface area contributed by atoms with Gasteiger partial charge in [0, 0.05) is 23.6 Å². The van der Waals surface area contributed by atoms with Crippen LogP contribution >= 0.6 is 11.6 Å². The van der Waals surface area contributed by atoms with Gasteiger partial charge in [-0.15, -0.1) is 0 Å². The van der Waals surface area contributed by atoms with Crippen LogP contribution in [0.1, 0.15) is 33.9 Å². The van der Waals surface area contributed by atoms with E-state index in [-0.39, 0.29) is 5.78 Å². The van der Waals surface area contributed by atoms with Gasteiger partial charge in [-0.3, -0.25) is 14.4 Å². The molecule has 2 fully saturated rings. The zero-order chi connectivity index (χ0) is 22.7. The maximum absolute atomic E-state index is 13.4. The van der Waals surface area contributed by atoms with Gasteiger partial charge in [0.05, 0.1) is 25.8 Å². The Hall–Kier alpha value is -2.54. The van der Waals surface area contributed by atoms with E-state index < -0.39 is 23.7 Å². The molecule has 0 bridgehead atoms. The zero-order valence-corrected chi connectivity index (χ0v) is 18.9. The number of Topliss-reactive ketones (excluding diaryl/α,β-unsaturated/α-hetero) is 2. The monoisotopic (exact) mass is 455 g/mol. The number of carbonyl (C=O) groups is 3. The average Bonchev–Trinajstić information content (AvgIpc) is 3.05. The molecule has 6 nitrogen and oxygen atoms in total.